The first-order chi connectivity index (χ1) is 10.6. The van der Waals surface area contributed by atoms with Crippen LogP contribution >= 0.6 is 0 Å². The van der Waals surface area contributed by atoms with E-state index in [1.54, 1.807) is 0 Å². The highest BCUT2D eigenvalue weighted by atomic mass is 19.1. The van der Waals surface area contributed by atoms with Crippen LogP contribution in [-0.4, -0.2) is 32.6 Å². The van der Waals surface area contributed by atoms with E-state index in [-0.39, 0.29) is 17.3 Å². The fourth-order valence-electron chi connectivity index (χ4n) is 2.73. The molecule has 2 aromatic heterocycles. The smallest absolute Gasteiger partial charge is 0.340 e. The quantitative estimate of drug-likeness (QED) is 0.744. The van der Waals surface area contributed by atoms with E-state index in [0.717, 1.165) is 6.42 Å². The van der Waals surface area contributed by atoms with E-state index in [9.17, 15) is 14.0 Å². The Morgan fingerprint density at radius 2 is 2.27 bits per heavy atom. The molecule has 0 bridgehead atoms. The second-order valence-electron chi connectivity index (χ2n) is 5.40. The van der Waals surface area contributed by atoms with Crippen molar-refractivity contribution in [2.24, 2.45) is 0 Å². The minimum Gasteiger partial charge on any atom is -0.355 e. The van der Waals surface area contributed by atoms with Gasteiger partial charge in [0.1, 0.15) is 11.6 Å². The number of carbonyl (C=O) groups excluding carboxylic acids is 1. The van der Waals surface area contributed by atoms with Crippen molar-refractivity contribution in [1.82, 2.24) is 25.5 Å². The largest absolute Gasteiger partial charge is 0.355 e. The number of hydrogen-bond acceptors (Lipinski definition) is 4. The number of hydrogen-bond donors (Lipinski definition) is 3. The zero-order valence-electron chi connectivity index (χ0n) is 11.9. The topological polar surface area (TPSA) is 104 Å². The minimum absolute atomic E-state index is 0.215. The van der Waals surface area contributed by atoms with E-state index in [1.807, 2.05) is 0 Å². The molecule has 22 heavy (non-hydrogen) atoms. The van der Waals surface area contributed by atoms with Crippen molar-refractivity contribution >= 4 is 5.91 Å². The Morgan fingerprint density at radius 1 is 1.45 bits per heavy atom. The summed E-state index contributed by atoms with van der Waals surface area (Å²) in [4.78, 5) is 30.0. The van der Waals surface area contributed by atoms with Gasteiger partial charge in [0.25, 0.3) is 0 Å². The molecule has 0 radical (unpaired) electrons. The first-order valence-electron chi connectivity index (χ1n) is 7.15. The number of amides is 1. The Kier molecular flexibility index (Phi) is 3.74. The van der Waals surface area contributed by atoms with Crippen LogP contribution in [-0.2, 0) is 16.6 Å². The van der Waals surface area contributed by atoms with Crippen LogP contribution < -0.4 is 11.0 Å². The highest BCUT2D eigenvalue weighted by Crippen LogP contribution is 2.43. The molecule has 116 valence electrons. The van der Waals surface area contributed by atoms with Crippen LogP contribution in [0, 0.1) is 5.82 Å². The summed E-state index contributed by atoms with van der Waals surface area (Å²) in [6, 6.07) is 2.83. The Morgan fingerprint density at radius 3 is 2.86 bits per heavy atom. The van der Waals surface area contributed by atoms with Crippen molar-refractivity contribution in [3.63, 3.8) is 0 Å². The van der Waals surface area contributed by atoms with E-state index in [0.29, 0.717) is 31.6 Å². The van der Waals surface area contributed by atoms with Gasteiger partial charge >= 0.3 is 5.69 Å². The Balaban J connectivity index is 1.67. The highest BCUT2D eigenvalue weighted by molar-refractivity contribution is 5.88. The lowest BCUT2D eigenvalue weighted by Crippen LogP contribution is -2.50. The van der Waals surface area contributed by atoms with Crippen molar-refractivity contribution in [1.29, 1.82) is 0 Å². The molecule has 0 aromatic carbocycles. The van der Waals surface area contributed by atoms with E-state index in [1.165, 1.54) is 18.3 Å². The molecule has 8 heteroatoms. The van der Waals surface area contributed by atoms with Crippen molar-refractivity contribution < 1.29 is 9.18 Å². The fourth-order valence-corrected chi connectivity index (χ4v) is 2.73. The third-order valence-electron chi connectivity index (χ3n) is 4.05. The maximum absolute atomic E-state index is 14.0. The SMILES string of the molecule is O=C(NCCc1n[nH]c(=O)[nH]1)C1(c2ncccc2F)CCC1. The number of pyridine rings is 1. The number of aromatic nitrogens is 4. The molecule has 1 aliphatic carbocycles. The molecule has 0 unspecified atom stereocenters. The Labute approximate surface area is 125 Å². The van der Waals surface area contributed by atoms with Crippen molar-refractivity contribution in [2.45, 2.75) is 31.1 Å². The van der Waals surface area contributed by atoms with E-state index in [2.05, 4.69) is 25.5 Å². The molecule has 1 fully saturated rings. The predicted octanol–water partition coefficient (Wildman–Crippen LogP) is 0.413. The molecule has 1 saturated carbocycles. The molecular formula is C14H16FN5O2. The molecular weight excluding hydrogens is 289 g/mol. The van der Waals surface area contributed by atoms with Gasteiger partial charge in [0.2, 0.25) is 5.91 Å². The van der Waals surface area contributed by atoms with Crippen LogP contribution in [0.5, 0.6) is 0 Å². The van der Waals surface area contributed by atoms with Gasteiger partial charge in [-0.3, -0.25) is 14.8 Å². The lowest BCUT2D eigenvalue weighted by molar-refractivity contribution is -0.130. The van der Waals surface area contributed by atoms with E-state index < -0.39 is 11.2 Å². The molecule has 3 N–H and O–H groups in total. The minimum atomic E-state index is -0.871. The Hall–Kier alpha value is -2.51. The summed E-state index contributed by atoms with van der Waals surface area (Å²) in [5.74, 6) is -0.208. The second-order valence-corrected chi connectivity index (χ2v) is 5.40. The first kappa shape index (κ1) is 14.4. The van der Waals surface area contributed by atoms with Gasteiger partial charge in [0.15, 0.2) is 0 Å². The van der Waals surface area contributed by atoms with Crippen molar-refractivity contribution in [3.05, 3.63) is 46.1 Å². The maximum Gasteiger partial charge on any atom is 0.340 e. The summed E-state index contributed by atoms with van der Waals surface area (Å²) >= 11 is 0. The monoisotopic (exact) mass is 305 g/mol. The standard InChI is InChI=1S/C14H16FN5O2/c15-9-3-1-7-16-11(9)14(5-2-6-14)12(21)17-8-4-10-18-13(22)20-19-10/h1,3,7H,2,4-6,8H2,(H,17,21)(H2,18,19,20,22). The van der Waals surface area contributed by atoms with Crippen LogP contribution in [0.2, 0.25) is 0 Å². The van der Waals surface area contributed by atoms with E-state index in [4.69, 9.17) is 0 Å². The molecule has 3 rings (SSSR count). The molecule has 7 nitrogen and oxygen atoms in total. The number of nitrogens with zero attached hydrogens (tertiary/aromatic N) is 2. The van der Waals surface area contributed by atoms with Gasteiger partial charge in [-0.25, -0.2) is 14.3 Å². The van der Waals surface area contributed by atoms with Crippen LogP contribution in [0.3, 0.4) is 0 Å². The van der Waals surface area contributed by atoms with E-state index >= 15 is 0 Å². The summed E-state index contributed by atoms with van der Waals surface area (Å²) < 4.78 is 14.0. The zero-order valence-corrected chi connectivity index (χ0v) is 11.9. The summed E-state index contributed by atoms with van der Waals surface area (Å²) in [6.07, 6.45) is 3.94. The van der Waals surface area contributed by atoms with Gasteiger partial charge in [-0.05, 0) is 25.0 Å². The predicted molar refractivity (Wildman–Crippen MR) is 75.6 cm³/mol. The second kappa shape index (κ2) is 5.70. The summed E-state index contributed by atoms with van der Waals surface area (Å²) in [5, 5.41) is 8.81. The van der Waals surface area contributed by atoms with Crippen LogP contribution in [0.1, 0.15) is 30.8 Å². The van der Waals surface area contributed by atoms with Gasteiger partial charge in [-0.15, -0.1) is 0 Å². The fraction of sp³-hybridized carbons (Fsp3) is 0.429. The number of aromatic amines is 2. The summed E-state index contributed by atoms with van der Waals surface area (Å²) in [6.45, 7) is 0.315. The molecule has 0 atom stereocenters. The lowest BCUT2D eigenvalue weighted by Gasteiger charge is -2.39. The molecule has 2 aromatic rings. The van der Waals surface area contributed by atoms with Gasteiger partial charge in [-0.2, -0.15) is 5.10 Å². The third kappa shape index (κ3) is 2.51. The average Bonchev–Trinajstić information content (AvgIpc) is 2.85. The molecule has 1 aliphatic rings. The Bertz CT molecular complexity index is 735. The van der Waals surface area contributed by atoms with Crippen molar-refractivity contribution in [2.75, 3.05) is 6.54 Å². The van der Waals surface area contributed by atoms with Gasteiger partial charge < -0.3 is 5.32 Å². The van der Waals surface area contributed by atoms with Crippen molar-refractivity contribution in [3.8, 4) is 0 Å². The third-order valence-corrected chi connectivity index (χ3v) is 4.05. The van der Waals surface area contributed by atoms with Crippen LogP contribution in [0.25, 0.3) is 0 Å². The number of carbonyl (C=O) groups is 1. The molecule has 1 amide bonds. The number of nitrogens with one attached hydrogen (secondary N) is 3. The van der Waals surface area contributed by atoms with Gasteiger partial charge in [-0.1, -0.05) is 6.42 Å². The van der Waals surface area contributed by atoms with Crippen LogP contribution in [0.15, 0.2) is 23.1 Å². The number of halogens is 1. The van der Waals surface area contributed by atoms with Gasteiger partial charge in [0, 0.05) is 19.2 Å². The molecule has 0 saturated heterocycles. The normalized spacial score (nSPS) is 16.0. The summed E-state index contributed by atoms with van der Waals surface area (Å²) in [7, 11) is 0. The molecule has 2 heterocycles. The highest BCUT2D eigenvalue weighted by Gasteiger charge is 2.48. The number of H-pyrrole nitrogens is 2. The molecule has 0 spiro atoms. The first-order valence-corrected chi connectivity index (χ1v) is 7.15. The van der Waals surface area contributed by atoms with Crippen LogP contribution in [0.4, 0.5) is 4.39 Å². The zero-order chi connectivity index (χ0) is 15.6. The lowest BCUT2D eigenvalue weighted by atomic mass is 9.65. The molecule has 0 aliphatic heterocycles. The maximum atomic E-state index is 14.0. The average molecular weight is 305 g/mol. The number of rotatable bonds is 5. The summed E-state index contributed by atoms with van der Waals surface area (Å²) in [5.41, 5.74) is -1.04. The van der Waals surface area contributed by atoms with Gasteiger partial charge in [0.05, 0.1) is 11.1 Å².